The third-order valence-corrected chi connectivity index (χ3v) is 2.37. The van der Waals surface area contributed by atoms with Gasteiger partial charge in [0.25, 0.3) is 0 Å². The van der Waals surface area contributed by atoms with E-state index in [-0.39, 0.29) is 5.82 Å². The molecule has 1 radical (unpaired) electrons. The maximum atomic E-state index is 12.6. The number of hydrogen-bond acceptors (Lipinski definition) is 1. The minimum atomic E-state index is -0.204. The second-order valence-electron chi connectivity index (χ2n) is 3.59. The molecule has 2 aromatic carbocycles. The number of halogens is 1. The number of anilines is 1. The minimum absolute atomic E-state index is 0.204. The van der Waals surface area contributed by atoms with Crippen molar-refractivity contribution in [1.29, 1.82) is 0 Å². The lowest BCUT2D eigenvalue weighted by atomic mass is 10.1. The third kappa shape index (κ3) is 3.09. The van der Waals surface area contributed by atoms with Gasteiger partial charge in [0.05, 0.1) is 0 Å². The van der Waals surface area contributed by atoms with Crippen LogP contribution in [0.15, 0.2) is 48.5 Å². The van der Waals surface area contributed by atoms with Gasteiger partial charge in [-0.25, -0.2) is 4.39 Å². The van der Waals surface area contributed by atoms with E-state index in [4.69, 9.17) is 0 Å². The standard InChI is InChI=1S/C14H13FN/c15-13-6-8-14(9-7-13)16-11-10-12-4-2-1-3-5-12/h2-9,16H,10-11H2. The van der Waals surface area contributed by atoms with Crippen molar-refractivity contribution in [3.63, 3.8) is 0 Å². The van der Waals surface area contributed by atoms with Crippen LogP contribution in [0.4, 0.5) is 10.1 Å². The van der Waals surface area contributed by atoms with Gasteiger partial charge in [-0.05, 0) is 42.3 Å². The van der Waals surface area contributed by atoms with Crippen LogP contribution in [-0.4, -0.2) is 6.54 Å². The van der Waals surface area contributed by atoms with Gasteiger partial charge < -0.3 is 5.32 Å². The fourth-order valence-electron chi connectivity index (χ4n) is 1.51. The summed E-state index contributed by atoms with van der Waals surface area (Å²) in [5, 5.41) is 3.24. The molecule has 0 amide bonds. The maximum Gasteiger partial charge on any atom is 0.123 e. The first-order valence-corrected chi connectivity index (χ1v) is 5.29. The maximum absolute atomic E-state index is 12.6. The third-order valence-electron chi connectivity index (χ3n) is 2.37. The quantitative estimate of drug-likeness (QED) is 0.823. The topological polar surface area (TPSA) is 12.0 Å². The summed E-state index contributed by atoms with van der Waals surface area (Å²) >= 11 is 0. The molecule has 1 nitrogen and oxygen atoms in total. The molecule has 0 aliphatic heterocycles. The SMILES string of the molecule is Fc1ccc(NCCc2cc[c]cc2)cc1. The molecular weight excluding hydrogens is 201 g/mol. The summed E-state index contributed by atoms with van der Waals surface area (Å²) in [5.74, 6) is -0.204. The Kier molecular flexibility index (Phi) is 3.54. The number of benzene rings is 2. The molecule has 2 rings (SSSR count). The Morgan fingerprint density at radius 3 is 2.38 bits per heavy atom. The molecule has 2 heteroatoms. The Bertz CT molecular complexity index is 422. The molecule has 0 fully saturated rings. The zero-order valence-electron chi connectivity index (χ0n) is 8.91. The van der Waals surface area contributed by atoms with Crippen LogP contribution in [0.5, 0.6) is 0 Å². The molecule has 0 aliphatic carbocycles. The summed E-state index contributed by atoms with van der Waals surface area (Å²) in [6.45, 7) is 0.843. The second kappa shape index (κ2) is 5.31. The van der Waals surface area contributed by atoms with Gasteiger partial charge in [-0.2, -0.15) is 0 Å². The van der Waals surface area contributed by atoms with Gasteiger partial charge in [-0.1, -0.05) is 24.3 Å². The highest BCUT2D eigenvalue weighted by Gasteiger charge is 1.94. The molecule has 0 saturated carbocycles. The lowest BCUT2D eigenvalue weighted by molar-refractivity contribution is 0.628. The molecule has 1 N–H and O–H groups in total. The lowest BCUT2D eigenvalue weighted by Gasteiger charge is -2.05. The Morgan fingerprint density at radius 1 is 1.00 bits per heavy atom. The van der Waals surface area contributed by atoms with Crippen molar-refractivity contribution in [2.45, 2.75) is 6.42 Å². The highest BCUT2D eigenvalue weighted by molar-refractivity contribution is 5.42. The van der Waals surface area contributed by atoms with Gasteiger partial charge in [0, 0.05) is 12.2 Å². The molecule has 0 saturated heterocycles. The van der Waals surface area contributed by atoms with Gasteiger partial charge in [-0.15, -0.1) is 0 Å². The predicted molar refractivity (Wildman–Crippen MR) is 63.9 cm³/mol. The van der Waals surface area contributed by atoms with Gasteiger partial charge in [0.15, 0.2) is 0 Å². The van der Waals surface area contributed by atoms with E-state index in [1.807, 2.05) is 24.3 Å². The van der Waals surface area contributed by atoms with Crippen molar-refractivity contribution in [3.8, 4) is 0 Å². The Hall–Kier alpha value is -1.83. The van der Waals surface area contributed by atoms with E-state index in [2.05, 4.69) is 11.4 Å². The molecule has 0 unspecified atom stereocenters. The van der Waals surface area contributed by atoms with Crippen LogP contribution < -0.4 is 5.32 Å². The largest absolute Gasteiger partial charge is 0.385 e. The first kappa shape index (κ1) is 10.7. The molecule has 0 spiro atoms. The summed E-state index contributed by atoms with van der Waals surface area (Å²) in [6, 6.07) is 17.3. The van der Waals surface area contributed by atoms with E-state index >= 15 is 0 Å². The summed E-state index contributed by atoms with van der Waals surface area (Å²) in [7, 11) is 0. The Labute approximate surface area is 94.9 Å². The molecule has 2 aromatic rings. The zero-order valence-corrected chi connectivity index (χ0v) is 8.91. The number of hydrogen-bond donors (Lipinski definition) is 1. The van der Waals surface area contributed by atoms with E-state index in [9.17, 15) is 4.39 Å². The normalized spacial score (nSPS) is 10.1. The van der Waals surface area contributed by atoms with Crippen molar-refractivity contribution >= 4 is 5.69 Å². The molecule has 0 aliphatic rings. The van der Waals surface area contributed by atoms with Crippen molar-refractivity contribution < 1.29 is 4.39 Å². The van der Waals surface area contributed by atoms with Crippen molar-refractivity contribution in [2.24, 2.45) is 0 Å². The van der Waals surface area contributed by atoms with Crippen LogP contribution in [-0.2, 0) is 6.42 Å². The molecule has 81 valence electrons. The Balaban J connectivity index is 1.82. The smallest absolute Gasteiger partial charge is 0.123 e. The van der Waals surface area contributed by atoms with Crippen molar-refractivity contribution in [1.82, 2.24) is 0 Å². The summed E-state index contributed by atoms with van der Waals surface area (Å²) in [6.07, 6.45) is 0.950. The molecule has 0 heterocycles. The number of rotatable bonds is 4. The van der Waals surface area contributed by atoms with E-state index in [0.717, 1.165) is 18.7 Å². The first-order chi connectivity index (χ1) is 7.84. The van der Waals surface area contributed by atoms with Crippen LogP contribution in [0.25, 0.3) is 0 Å². The van der Waals surface area contributed by atoms with Gasteiger partial charge in [-0.3, -0.25) is 0 Å². The van der Waals surface area contributed by atoms with Crippen LogP contribution in [0.3, 0.4) is 0 Å². The van der Waals surface area contributed by atoms with Gasteiger partial charge in [0.1, 0.15) is 5.82 Å². The van der Waals surface area contributed by atoms with Crippen LogP contribution >= 0.6 is 0 Å². The van der Waals surface area contributed by atoms with Gasteiger partial charge in [0.2, 0.25) is 0 Å². The van der Waals surface area contributed by atoms with Crippen molar-refractivity contribution in [2.75, 3.05) is 11.9 Å². The van der Waals surface area contributed by atoms with E-state index in [1.54, 1.807) is 12.1 Å². The average Bonchev–Trinajstić information content (AvgIpc) is 2.33. The second-order valence-corrected chi connectivity index (χ2v) is 3.59. The van der Waals surface area contributed by atoms with Crippen LogP contribution in [0.1, 0.15) is 5.56 Å². The molecule has 0 bridgehead atoms. The minimum Gasteiger partial charge on any atom is -0.385 e. The van der Waals surface area contributed by atoms with Gasteiger partial charge >= 0.3 is 0 Å². The average molecular weight is 214 g/mol. The van der Waals surface area contributed by atoms with E-state index in [0.29, 0.717) is 0 Å². The summed E-state index contributed by atoms with van der Waals surface area (Å²) < 4.78 is 12.6. The lowest BCUT2D eigenvalue weighted by Crippen LogP contribution is -2.04. The van der Waals surface area contributed by atoms with Crippen LogP contribution in [0.2, 0.25) is 0 Å². The zero-order chi connectivity index (χ0) is 11.2. The molecular formula is C14H13FN. The molecule has 0 atom stereocenters. The molecule has 16 heavy (non-hydrogen) atoms. The summed E-state index contributed by atoms with van der Waals surface area (Å²) in [5.41, 5.74) is 2.22. The van der Waals surface area contributed by atoms with E-state index in [1.165, 1.54) is 17.7 Å². The fraction of sp³-hybridized carbons (Fsp3) is 0.143. The van der Waals surface area contributed by atoms with E-state index < -0.39 is 0 Å². The number of nitrogens with one attached hydrogen (secondary N) is 1. The van der Waals surface area contributed by atoms with Crippen LogP contribution in [0, 0.1) is 11.9 Å². The highest BCUT2D eigenvalue weighted by Crippen LogP contribution is 2.08. The van der Waals surface area contributed by atoms with Crippen molar-refractivity contribution in [3.05, 3.63) is 66.0 Å². The Morgan fingerprint density at radius 2 is 1.69 bits per heavy atom. The monoisotopic (exact) mass is 214 g/mol. The first-order valence-electron chi connectivity index (χ1n) is 5.29. The fourth-order valence-corrected chi connectivity index (χ4v) is 1.51. The highest BCUT2D eigenvalue weighted by atomic mass is 19.1. The summed E-state index contributed by atoms with van der Waals surface area (Å²) in [4.78, 5) is 0. The predicted octanol–water partition coefficient (Wildman–Crippen LogP) is 3.28. The molecule has 0 aromatic heterocycles.